The molecular formula is C11H15N5. The zero-order valence-corrected chi connectivity index (χ0v) is 9.30. The molecule has 0 saturated heterocycles. The largest absolute Gasteiger partial charge is 0.382 e. The smallest absolute Gasteiger partial charge is 0.165 e. The van der Waals surface area contributed by atoms with Gasteiger partial charge in [-0.05, 0) is 25.2 Å². The van der Waals surface area contributed by atoms with E-state index in [2.05, 4.69) is 26.4 Å². The van der Waals surface area contributed by atoms with Crippen molar-refractivity contribution in [3.63, 3.8) is 0 Å². The van der Waals surface area contributed by atoms with Crippen LogP contribution in [0.3, 0.4) is 0 Å². The summed E-state index contributed by atoms with van der Waals surface area (Å²) in [6, 6.07) is 0.522. The molecule has 2 N–H and O–H groups in total. The number of rotatable bonds is 1. The molecule has 84 valence electrons. The first-order chi connectivity index (χ1) is 7.75. The number of hydrogen-bond donors (Lipinski definition) is 1. The van der Waals surface area contributed by atoms with E-state index in [1.807, 2.05) is 6.33 Å². The molecule has 0 amide bonds. The van der Waals surface area contributed by atoms with Gasteiger partial charge in [0.05, 0.1) is 6.33 Å². The lowest BCUT2D eigenvalue weighted by Crippen LogP contribution is -2.05. The highest BCUT2D eigenvalue weighted by molar-refractivity contribution is 5.81. The normalized spacial score (nSPS) is 25.3. The highest BCUT2D eigenvalue weighted by Crippen LogP contribution is 2.35. The number of fused-ring (bicyclic) bond motifs is 1. The summed E-state index contributed by atoms with van der Waals surface area (Å²) in [5, 5.41) is 0. The molecule has 1 saturated carbocycles. The van der Waals surface area contributed by atoms with Crippen molar-refractivity contribution in [1.82, 2.24) is 19.5 Å². The van der Waals surface area contributed by atoms with Crippen molar-refractivity contribution >= 4 is 17.0 Å². The van der Waals surface area contributed by atoms with Gasteiger partial charge in [0.1, 0.15) is 11.8 Å². The second-order valence-corrected chi connectivity index (χ2v) is 4.66. The second-order valence-electron chi connectivity index (χ2n) is 4.66. The van der Waals surface area contributed by atoms with Crippen LogP contribution in [0.2, 0.25) is 0 Å². The van der Waals surface area contributed by atoms with Crippen LogP contribution in [0.4, 0.5) is 5.82 Å². The van der Waals surface area contributed by atoms with Crippen LogP contribution in [0.5, 0.6) is 0 Å². The maximum absolute atomic E-state index is 5.77. The highest BCUT2D eigenvalue weighted by atomic mass is 15.1. The summed E-state index contributed by atoms with van der Waals surface area (Å²) in [7, 11) is 0. The van der Waals surface area contributed by atoms with Gasteiger partial charge in [0.25, 0.3) is 0 Å². The SMILES string of the molecule is C[C@H]1CC[C@@H](n2cnc3c(N)ncnc32)C1. The third-order valence-electron chi connectivity index (χ3n) is 3.45. The molecule has 5 nitrogen and oxygen atoms in total. The summed E-state index contributed by atoms with van der Waals surface area (Å²) in [5.74, 6) is 1.26. The molecule has 3 rings (SSSR count). The van der Waals surface area contributed by atoms with E-state index >= 15 is 0 Å². The fourth-order valence-corrected chi connectivity index (χ4v) is 2.57. The maximum atomic E-state index is 5.77. The van der Waals surface area contributed by atoms with E-state index < -0.39 is 0 Å². The van der Waals surface area contributed by atoms with Crippen LogP contribution in [0.25, 0.3) is 11.2 Å². The minimum atomic E-state index is 0.467. The summed E-state index contributed by atoms with van der Waals surface area (Å²) in [6.07, 6.45) is 7.05. The number of hydrogen-bond acceptors (Lipinski definition) is 4. The first-order valence-corrected chi connectivity index (χ1v) is 5.68. The lowest BCUT2D eigenvalue weighted by molar-refractivity contribution is 0.502. The molecule has 1 fully saturated rings. The van der Waals surface area contributed by atoms with Crippen LogP contribution in [0, 0.1) is 5.92 Å². The van der Waals surface area contributed by atoms with Crippen LogP contribution >= 0.6 is 0 Å². The zero-order chi connectivity index (χ0) is 11.1. The van der Waals surface area contributed by atoms with E-state index in [1.165, 1.54) is 25.6 Å². The number of nitrogen functional groups attached to an aromatic ring is 1. The van der Waals surface area contributed by atoms with Gasteiger partial charge in [-0.3, -0.25) is 0 Å². The Morgan fingerprint density at radius 3 is 2.94 bits per heavy atom. The molecule has 0 spiro atoms. The van der Waals surface area contributed by atoms with Crippen molar-refractivity contribution in [3.05, 3.63) is 12.7 Å². The van der Waals surface area contributed by atoms with E-state index in [9.17, 15) is 0 Å². The molecule has 1 aliphatic carbocycles. The third-order valence-corrected chi connectivity index (χ3v) is 3.45. The maximum Gasteiger partial charge on any atom is 0.165 e. The quantitative estimate of drug-likeness (QED) is 0.790. The Hall–Kier alpha value is -1.65. The summed E-state index contributed by atoms with van der Waals surface area (Å²) in [4.78, 5) is 12.5. The van der Waals surface area contributed by atoms with Gasteiger partial charge in [0.2, 0.25) is 0 Å². The highest BCUT2D eigenvalue weighted by Gasteiger charge is 2.24. The third kappa shape index (κ3) is 1.35. The Labute approximate surface area is 93.7 Å². The summed E-state index contributed by atoms with van der Waals surface area (Å²) < 4.78 is 2.15. The van der Waals surface area contributed by atoms with Gasteiger partial charge in [-0.25, -0.2) is 15.0 Å². The Bertz CT molecular complexity index is 518. The Kier molecular flexibility index (Phi) is 2.05. The van der Waals surface area contributed by atoms with Crippen molar-refractivity contribution in [1.29, 1.82) is 0 Å². The van der Waals surface area contributed by atoms with E-state index in [0.29, 0.717) is 11.9 Å². The molecule has 0 aromatic carbocycles. The number of nitrogens with zero attached hydrogens (tertiary/aromatic N) is 4. The lowest BCUT2D eigenvalue weighted by Gasteiger charge is -2.11. The molecule has 2 atom stereocenters. The summed E-state index contributed by atoms with van der Waals surface area (Å²) in [5.41, 5.74) is 7.36. The molecular weight excluding hydrogens is 202 g/mol. The Morgan fingerprint density at radius 2 is 2.19 bits per heavy atom. The van der Waals surface area contributed by atoms with E-state index in [-0.39, 0.29) is 0 Å². The topological polar surface area (TPSA) is 69.6 Å². The molecule has 1 aliphatic rings. The molecule has 2 aromatic heterocycles. The monoisotopic (exact) mass is 217 g/mol. The number of aromatic nitrogens is 4. The van der Waals surface area contributed by atoms with Gasteiger partial charge < -0.3 is 10.3 Å². The second kappa shape index (κ2) is 3.43. The van der Waals surface area contributed by atoms with Gasteiger partial charge >= 0.3 is 0 Å². The predicted octanol–water partition coefficient (Wildman–Crippen LogP) is 1.77. The lowest BCUT2D eigenvalue weighted by atomic mass is 10.1. The molecule has 0 unspecified atom stereocenters. The predicted molar refractivity (Wildman–Crippen MR) is 61.8 cm³/mol. The molecule has 2 heterocycles. The minimum absolute atomic E-state index is 0.467. The molecule has 0 aliphatic heterocycles. The Balaban J connectivity index is 2.08. The van der Waals surface area contributed by atoms with Gasteiger partial charge in [-0.15, -0.1) is 0 Å². The summed E-state index contributed by atoms with van der Waals surface area (Å²) >= 11 is 0. The van der Waals surface area contributed by atoms with Crippen molar-refractivity contribution in [2.75, 3.05) is 5.73 Å². The fraction of sp³-hybridized carbons (Fsp3) is 0.545. The van der Waals surface area contributed by atoms with Crippen molar-refractivity contribution < 1.29 is 0 Å². The fourth-order valence-electron chi connectivity index (χ4n) is 2.57. The zero-order valence-electron chi connectivity index (χ0n) is 9.30. The van der Waals surface area contributed by atoms with Crippen molar-refractivity contribution in [2.24, 2.45) is 5.92 Å². The van der Waals surface area contributed by atoms with Gasteiger partial charge in [0, 0.05) is 6.04 Å². The van der Waals surface area contributed by atoms with Crippen molar-refractivity contribution in [2.45, 2.75) is 32.2 Å². The number of imidazole rings is 1. The van der Waals surface area contributed by atoms with E-state index in [1.54, 1.807) is 0 Å². The van der Waals surface area contributed by atoms with Crippen LogP contribution in [-0.4, -0.2) is 19.5 Å². The summed E-state index contributed by atoms with van der Waals surface area (Å²) in [6.45, 7) is 2.29. The Morgan fingerprint density at radius 1 is 1.31 bits per heavy atom. The first kappa shape index (κ1) is 9.57. The van der Waals surface area contributed by atoms with Crippen LogP contribution < -0.4 is 5.73 Å². The molecule has 2 aromatic rings. The van der Waals surface area contributed by atoms with Crippen LogP contribution in [0.1, 0.15) is 32.2 Å². The van der Waals surface area contributed by atoms with Gasteiger partial charge in [-0.1, -0.05) is 6.92 Å². The van der Waals surface area contributed by atoms with E-state index in [4.69, 9.17) is 5.73 Å². The number of anilines is 1. The van der Waals surface area contributed by atoms with Gasteiger partial charge in [-0.2, -0.15) is 0 Å². The number of nitrogens with two attached hydrogens (primary N) is 1. The van der Waals surface area contributed by atoms with E-state index in [0.717, 1.165) is 17.1 Å². The molecule has 0 bridgehead atoms. The molecule has 5 heteroatoms. The minimum Gasteiger partial charge on any atom is -0.382 e. The van der Waals surface area contributed by atoms with Crippen LogP contribution in [0.15, 0.2) is 12.7 Å². The van der Waals surface area contributed by atoms with Crippen molar-refractivity contribution in [3.8, 4) is 0 Å². The van der Waals surface area contributed by atoms with Gasteiger partial charge in [0.15, 0.2) is 11.5 Å². The first-order valence-electron chi connectivity index (χ1n) is 5.68. The van der Waals surface area contributed by atoms with Crippen LogP contribution in [-0.2, 0) is 0 Å². The molecule has 16 heavy (non-hydrogen) atoms. The standard InChI is InChI=1S/C11H15N5/c1-7-2-3-8(4-7)16-6-15-9-10(12)13-5-14-11(9)16/h5-8H,2-4H2,1H3,(H2,12,13,14)/t7-,8+/m0/s1. The average molecular weight is 217 g/mol. The molecule has 0 radical (unpaired) electrons. The average Bonchev–Trinajstić information content (AvgIpc) is 2.84.